The van der Waals surface area contributed by atoms with E-state index in [-0.39, 0.29) is 0 Å². The number of aromatic nitrogens is 2. The van der Waals surface area contributed by atoms with Gasteiger partial charge in [0.25, 0.3) is 0 Å². The summed E-state index contributed by atoms with van der Waals surface area (Å²) in [6.07, 6.45) is 8.59. The van der Waals surface area contributed by atoms with Crippen molar-refractivity contribution in [1.29, 1.82) is 0 Å². The molecule has 0 bridgehead atoms. The standard InChI is InChI=1S/C11H19N3S/c1-2-7-12-10(6-5-9-3-4-9)11-8-13-14-15-11/h8-10,12H,2-7H2,1H3. The molecule has 3 nitrogen and oxygen atoms in total. The van der Waals surface area contributed by atoms with Gasteiger partial charge in [-0.15, -0.1) is 5.10 Å². The van der Waals surface area contributed by atoms with Crippen LogP contribution in [0, 0.1) is 5.92 Å². The van der Waals surface area contributed by atoms with Crippen LogP contribution >= 0.6 is 11.5 Å². The molecule has 0 amide bonds. The fourth-order valence-electron chi connectivity index (χ4n) is 1.80. The molecule has 84 valence electrons. The van der Waals surface area contributed by atoms with Gasteiger partial charge in [0.15, 0.2) is 0 Å². The molecular weight excluding hydrogens is 206 g/mol. The molecule has 1 atom stereocenters. The van der Waals surface area contributed by atoms with Crippen LogP contribution in [0.15, 0.2) is 6.20 Å². The molecule has 1 aliphatic carbocycles. The van der Waals surface area contributed by atoms with Gasteiger partial charge in [-0.25, -0.2) is 0 Å². The van der Waals surface area contributed by atoms with Crippen LogP contribution in [0.25, 0.3) is 0 Å². The molecule has 0 spiro atoms. The van der Waals surface area contributed by atoms with Crippen molar-refractivity contribution in [2.24, 2.45) is 5.92 Å². The van der Waals surface area contributed by atoms with Crippen LogP contribution in [0.3, 0.4) is 0 Å². The minimum Gasteiger partial charge on any atom is -0.309 e. The zero-order valence-corrected chi connectivity index (χ0v) is 10.1. The van der Waals surface area contributed by atoms with Crippen LogP contribution in [-0.4, -0.2) is 16.1 Å². The lowest BCUT2D eigenvalue weighted by Crippen LogP contribution is -2.21. The molecule has 0 aliphatic heterocycles. The summed E-state index contributed by atoms with van der Waals surface area (Å²) in [5.41, 5.74) is 0. The smallest absolute Gasteiger partial charge is 0.0669 e. The van der Waals surface area contributed by atoms with Crippen molar-refractivity contribution in [3.05, 3.63) is 11.1 Å². The van der Waals surface area contributed by atoms with Gasteiger partial charge < -0.3 is 5.32 Å². The van der Waals surface area contributed by atoms with Crippen molar-refractivity contribution >= 4 is 11.5 Å². The summed E-state index contributed by atoms with van der Waals surface area (Å²) in [4.78, 5) is 1.30. The maximum Gasteiger partial charge on any atom is 0.0669 e. The average Bonchev–Trinajstić information content (AvgIpc) is 2.92. The normalized spacial score (nSPS) is 17.9. The Hall–Kier alpha value is -0.480. The second kappa shape index (κ2) is 5.56. The zero-order chi connectivity index (χ0) is 10.5. The Morgan fingerprint density at radius 3 is 3.07 bits per heavy atom. The van der Waals surface area contributed by atoms with Crippen molar-refractivity contribution in [2.45, 2.75) is 45.1 Å². The molecule has 4 heteroatoms. The predicted molar refractivity (Wildman–Crippen MR) is 62.9 cm³/mol. The Labute approximate surface area is 95.4 Å². The van der Waals surface area contributed by atoms with Crippen molar-refractivity contribution in [3.63, 3.8) is 0 Å². The number of nitrogens with zero attached hydrogens (tertiary/aromatic N) is 2. The average molecular weight is 225 g/mol. The highest BCUT2D eigenvalue weighted by Gasteiger charge is 2.23. The van der Waals surface area contributed by atoms with Gasteiger partial charge in [0.05, 0.1) is 11.1 Å². The third-order valence-electron chi connectivity index (χ3n) is 2.92. The topological polar surface area (TPSA) is 37.8 Å². The lowest BCUT2D eigenvalue weighted by molar-refractivity contribution is 0.475. The van der Waals surface area contributed by atoms with E-state index in [0.717, 1.165) is 12.5 Å². The second-order valence-corrected chi connectivity index (χ2v) is 5.16. The highest BCUT2D eigenvalue weighted by molar-refractivity contribution is 7.05. The maximum absolute atomic E-state index is 3.95. The Morgan fingerprint density at radius 1 is 1.60 bits per heavy atom. The second-order valence-electron chi connectivity index (χ2n) is 4.35. The van der Waals surface area contributed by atoms with Crippen LogP contribution in [0.5, 0.6) is 0 Å². The molecule has 1 aromatic rings. The summed E-state index contributed by atoms with van der Waals surface area (Å²) >= 11 is 1.53. The molecule has 0 saturated heterocycles. The van der Waals surface area contributed by atoms with Gasteiger partial charge in [-0.2, -0.15) is 0 Å². The largest absolute Gasteiger partial charge is 0.309 e. The van der Waals surface area contributed by atoms with E-state index in [1.54, 1.807) is 0 Å². The summed E-state index contributed by atoms with van der Waals surface area (Å²) in [6.45, 7) is 3.29. The first-order chi connectivity index (χ1) is 7.40. The van der Waals surface area contributed by atoms with E-state index in [9.17, 15) is 0 Å². The highest BCUT2D eigenvalue weighted by atomic mass is 32.1. The van der Waals surface area contributed by atoms with Gasteiger partial charge >= 0.3 is 0 Å². The summed E-state index contributed by atoms with van der Waals surface area (Å²) in [7, 11) is 0. The maximum atomic E-state index is 3.95. The van der Waals surface area contributed by atoms with E-state index in [2.05, 4.69) is 21.8 Å². The molecule has 0 aromatic carbocycles. The number of nitrogens with one attached hydrogen (secondary N) is 1. The Bertz CT molecular complexity index is 269. The summed E-state index contributed by atoms with van der Waals surface area (Å²) in [5, 5.41) is 7.51. The molecule has 1 saturated carbocycles. The van der Waals surface area contributed by atoms with Gasteiger partial charge in [-0.1, -0.05) is 24.3 Å². The fraction of sp³-hybridized carbons (Fsp3) is 0.818. The third kappa shape index (κ3) is 3.54. The van der Waals surface area contributed by atoms with Crippen LogP contribution in [0.2, 0.25) is 0 Å². The van der Waals surface area contributed by atoms with Crippen molar-refractivity contribution in [1.82, 2.24) is 14.9 Å². The van der Waals surface area contributed by atoms with Crippen molar-refractivity contribution < 1.29 is 0 Å². The van der Waals surface area contributed by atoms with Gasteiger partial charge in [-0.3, -0.25) is 0 Å². The van der Waals surface area contributed by atoms with E-state index >= 15 is 0 Å². The molecule has 1 fully saturated rings. The van der Waals surface area contributed by atoms with Crippen LogP contribution < -0.4 is 5.32 Å². The molecule has 1 aromatic heterocycles. The van der Waals surface area contributed by atoms with E-state index in [4.69, 9.17) is 0 Å². The molecule has 1 aliphatic rings. The van der Waals surface area contributed by atoms with E-state index in [0.29, 0.717) is 6.04 Å². The zero-order valence-electron chi connectivity index (χ0n) is 9.28. The first-order valence-electron chi connectivity index (χ1n) is 5.90. The van der Waals surface area contributed by atoms with E-state index < -0.39 is 0 Å². The molecule has 1 unspecified atom stereocenters. The Morgan fingerprint density at radius 2 is 2.47 bits per heavy atom. The monoisotopic (exact) mass is 225 g/mol. The van der Waals surface area contributed by atoms with Gasteiger partial charge in [0.2, 0.25) is 0 Å². The lowest BCUT2D eigenvalue weighted by Gasteiger charge is -2.15. The van der Waals surface area contributed by atoms with Crippen LogP contribution in [0.1, 0.15) is 49.9 Å². The van der Waals surface area contributed by atoms with Gasteiger partial charge in [0.1, 0.15) is 0 Å². The highest BCUT2D eigenvalue weighted by Crippen LogP contribution is 2.36. The van der Waals surface area contributed by atoms with Crippen molar-refractivity contribution in [3.8, 4) is 0 Å². The predicted octanol–water partition coefficient (Wildman–Crippen LogP) is 2.77. The lowest BCUT2D eigenvalue weighted by atomic mass is 10.1. The summed E-state index contributed by atoms with van der Waals surface area (Å²) in [6, 6.07) is 0.491. The van der Waals surface area contributed by atoms with Crippen LogP contribution in [0.4, 0.5) is 0 Å². The number of rotatable bonds is 7. The van der Waals surface area contributed by atoms with Gasteiger partial charge in [-0.05, 0) is 43.3 Å². The van der Waals surface area contributed by atoms with E-state index in [1.807, 2.05) is 6.20 Å². The summed E-state index contributed by atoms with van der Waals surface area (Å²) in [5.74, 6) is 1.01. The molecular formula is C11H19N3S. The third-order valence-corrected chi connectivity index (χ3v) is 3.70. The number of hydrogen-bond donors (Lipinski definition) is 1. The van der Waals surface area contributed by atoms with Gasteiger partial charge in [0, 0.05) is 6.04 Å². The first kappa shape index (κ1) is 11.0. The Balaban J connectivity index is 1.83. The van der Waals surface area contributed by atoms with E-state index in [1.165, 1.54) is 48.5 Å². The quantitative estimate of drug-likeness (QED) is 0.775. The Kier molecular flexibility index (Phi) is 4.09. The molecule has 1 heterocycles. The molecule has 2 rings (SSSR count). The molecule has 15 heavy (non-hydrogen) atoms. The molecule has 0 radical (unpaired) electrons. The van der Waals surface area contributed by atoms with Crippen molar-refractivity contribution in [2.75, 3.05) is 6.54 Å². The SMILES string of the molecule is CCCNC(CCC1CC1)c1cnns1. The first-order valence-corrected chi connectivity index (χ1v) is 6.68. The minimum absolute atomic E-state index is 0.491. The fourth-order valence-corrected chi connectivity index (χ4v) is 2.41. The number of hydrogen-bond acceptors (Lipinski definition) is 4. The minimum atomic E-state index is 0.491. The van der Waals surface area contributed by atoms with Crippen LogP contribution in [-0.2, 0) is 0 Å². The summed E-state index contributed by atoms with van der Waals surface area (Å²) < 4.78 is 3.95. The molecule has 1 N–H and O–H groups in total.